The van der Waals surface area contributed by atoms with Crippen molar-refractivity contribution in [3.8, 4) is 11.5 Å². The van der Waals surface area contributed by atoms with Crippen LogP contribution < -0.4 is 9.47 Å². The van der Waals surface area contributed by atoms with Gasteiger partial charge in [0.25, 0.3) is 0 Å². The van der Waals surface area contributed by atoms with Crippen LogP contribution in [0, 0.1) is 5.92 Å². The number of benzene rings is 2. The highest BCUT2D eigenvalue weighted by molar-refractivity contribution is 5.70. The zero-order valence-electron chi connectivity index (χ0n) is 16.8. The molecule has 2 aromatic carbocycles. The number of carboxylic acids is 1. The fourth-order valence-electron chi connectivity index (χ4n) is 4.05. The van der Waals surface area contributed by atoms with Crippen molar-refractivity contribution in [1.82, 2.24) is 4.90 Å². The molecule has 8 heteroatoms. The summed E-state index contributed by atoms with van der Waals surface area (Å²) in [7, 11) is 2.94. The number of ether oxygens (including phenoxy) is 2. The average molecular weight is 423 g/mol. The van der Waals surface area contributed by atoms with Gasteiger partial charge < -0.3 is 14.6 Å². The number of piperidine rings is 1. The Bertz CT molecular complexity index is 900. The van der Waals surface area contributed by atoms with E-state index in [2.05, 4.69) is 0 Å². The van der Waals surface area contributed by atoms with E-state index in [1.807, 2.05) is 4.90 Å². The van der Waals surface area contributed by atoms with Crippen LogP contribution in [0.1, 0.15) is 35.6 Å². The summed E-state index contributed by atoms with van der Waals surface area (Å²) in [5.41, 5.74) is -0.0686. The molecule has 162 valence electrons. The quantitative estimate of drug-likeness (QED) is 0.736. The summed E-state index contributed by atoms with van der Waals surface area (Å²) in [5, 5.41) is 9.47. The van der Waals surface area contributed by atoms with Crippen LogP contribution in [-0.4, -0.2) is 43.3 Å². The van der Waals surface area contributed by atoms with Crippen LogP contribution in [0.15, 0.2) is 42.5 Å². The predicted octanol–water partition coefficient (Wildman–Crippen LogP) is 4.61. The smallest absolute Gasteiger partial charge is 0.416 e. The van der Waals surface area contributed by atoms with E-state index in [0.717, 1.165) is 6.07 Å². The molecular formula is C22H24F3NO4. The van der Waals surface area contributed by atoms with Crippen LogP contribution in [0.5, 0.6) is 11.5 Å². The van der Waals surface area contributed by atoms with E-state index < -0.39 is 29.7 Å². The van der Waals surface area contributed by atoms with Crippen molar-refractivity contribution >= 4 is 5.97 Å². The predicted molar refractivity (Wildman–Crippen MR) is 105 cm³/mol. The molecule has 1 heterocycles. The van der Waals surface area contributed by atoms with Gasteiger partial charge in [0.1, 0.15) is 0 Å². The number of nitrogens with zero attached hydrogens (tertiary/aromatic N) is 1. The number of rotatable bonds is 6. The van der Waals surface area contributed by atoms with E-state index in [0.29, 0.717) is 36.4 Å². The van der Waals surface area contributed by atoms with Crippen molar-refractivity contribution in [3.63, 3.8) is 0 Å². The average Bonchev–Trinajstić information content (AvgIpc) is 2.73. The summed E-state index contributed by atoms with van der Waals surface area (Å²) < 4.78 is 52.0. The van der Waals surface area contributed by atoms with Crippen molar-refractivity contribution < 1.29 is 32.5 Å². The van der Waals surface area contributed by atoms with E-state index in [-0.39, 0.29) is 12.1 Å². The van der Waals surface area contributed by atoms with Gasteiger partial charge in [-0.25, -0.2) is 0 Å². The third kappa shape index (κ3) is 4.53. The molecule has 0 bridgehead atoms. The number of hydrogen-bond donors (Lipinski definition) is 1. The molecule has 0 amide bonds. The second-order valence-corrected chi connectivity index (χ2v) is 7.27. The van der Waals surface area contributed by atoms with Crippen molar-refractivity contribution in [1.29, 1.82) is 0 Å². The van der Waals surface area contributed by atoms with Crippen molar-refractivity contribution in [2.45, 2.75) is 25.1 Å². The van der Waals surface area contributed by atoms with Crippen LogP contribution in [0.3, 0.4) is 0 Å². The topological polar surface area (TPSA) is 59.0 Å². The summed E-state index contributed by atoms with van der Waals surface area (Å²) >= 11 is 0. The number of halogens is 3. The maximum atomic E-state index is 13.8. The lowest BCUT2D eigenvalue weighted by Crippen LogP contribution is -2.41. The fraction of sp³-hybridized carbons (Fsp3) is 0.409. The minimum atomic E-state index is -4.53. The Kier molecular flexibility index (Phi) is 6.55. The Balaban J connectivity index is 2.15. The van der Waals surface area contributed by atoms with Gasteiger partial charge in [0, 0.05) is 6.54 Å². The molecule has 0 radical (unpaired) electrons. The lowest BCUT2D eigenvalue weighted by Gasteiger charge is -2.38. The maximum Gasteiger partial charge on any atom is 0.416 e. The van der Waals surface area contributed by atoms with Gasteiger partial charge in [0.15, 0.2) is 11.5 Å². The van der Waals surface area contributed by atoms with Crippen molar-refractivity contribution in [3.05, 3.63) is 59.2 Å². The molecule has 30 heavy (non-hydrogen) atoms. The molecule has 0 aromatic heterocycles. The first-order chi connectivity index (χ1) is 14.3. The van der Waals surface area contributed by atoms with E-state index in [1.54, 1.807) is 24.3 Å². The summed E-state index contributed by atoms with van der Waals surface area (Å²) in [5.74, 6) is -0.697. The molecule has 1 fully saturated rings. The number of hydrogen-bond acceptors (Lipinski definition) is 4. The molecule has 2 unspecified atom stereocenters. The highest BCUT2D eigenvalue weighted by atomic mass is 19.4. The molecule has 2 atom stereocenters. The third-order valence-electron chi connectivity index (χ3n) is 5.45. The van der Waals surface area contributed by atoms with Gasteiger partial charge in [0.05, 0.1) is 31.7 Å². The monoisotopic (exact) mass is 423 g/mol. The molecule has 2 aromatic rings. The lowest BCUT2D eigenvalue weighted by molar-refractivity contribution is -0.144. The van der Waals surface area contributed by atoms with Gasteiger partial charge in [-0.1, -0.05) is 24.3 Å². The van der Waals surface area contributed by atoms with Gasteiger partial charge in [0.2, 0.25) is 0 Å². The molecule has 1 N–H and O–H groups in total. The van der Waals surface area contributed by atoms with Gasteiger partial charge in [-0.3, -0.25) is 9.69 Å². The molecule has 3 rings (SSSR count). The summed E-state index contributed by atoms with van der Waals surface area (Å²) in [6.07, 6.45) is -3.44. The number of methoxy groups -OCH3 is 2. The molecule has 0 saturated carbocycles. The number of carboxylic acid groups (broad SMARTS) is 1. The zero-order valence-corrected chi connectivity index (χ0v) is 16.8. The van der Waals surface area contributed by atoms with Gasteiger partial charge in [-0.2, -0.15) is 13.2 Å². The minimum absolute atomic E-state index is 0.0864. The zero-order chi connectivity index (χ0) is 21.9. The van der Waals surface area contributed by atoms with E-state index >= 15 is 0 Å². The summed E-state index contributed by atoms with van der Waals surface area (Å²) in [6.45, 7) is 0.662. The number of likely N-dealkylation sites (tertiary alicyclic amines) is 1. The molecule has 5 nitrogen and oxygen atoms in total. The van der Waals surface area contributed by atoms with Crippen LogP contribution in [0.2, 0.25) is 0 Å². The highest BCUT2D eigenvalue weighted by Crippen LogP contribution is 2.42. The molecular weight excluding hydrogens is 399 g/mol. The largest absolute Gasteiger partial charge is 0.493 e. The minimum Gasteiger partial charge on any atom is -0.493 e. The van der Waals surface area contributed by atoms with E-state index in [1.165, 1.54) is 26.4 Å². The normalized spacial score (nSPS) is 18.6. The number of carbonyl (C=O) groups is 1. The first kappa shape index (κ1) is 22.0. The number of alkyl halides is 3. The standard InChI is InChI=1S/C22H24F3NO4/c1-29-18-10-9-14(12-19(18)30-2)20(26-11-5-6-15(13-26)21(27)28)16-7-3-4-8-17(16)22(23,24)25/h3-4,7-10,12,15,20H,5-6,11,13H2,1-2H3,(H,27,28). The second-order valence-electron chi connectivity index (χ2n) is 7.27. The van der Waals surface area contributed by atoms with Crippen LogP contribution in [-0.2, 0) is 11.0 Å². The first-order valence-electron chi connectivity index (χ1n) is 9.61. The lowest BCUT2D eigenvalue weighted by atomic mass is 9.89. The van der Waals surface area contributed by atoms with E-state index in [4.69, 9.17) is 9.47 Å². The molecule has 1 aliphatic heterocycles. The second kappa shape index (κ2) is 8.95. The maximum absolute atomic E-state index is 13.8. The van der Waals surface area contributed by atoms with Gasteiger partial charge in [-0.15, -0.1) is 0 Å². The van der Waals surface area contributed by atoms with Gasteiger partial charge >= 0.3 is 12.1 Å². The Morgan fingerprint density at radius 3 is 2.47 bits per heavy atom. The molecule has 1 aliphatic rings. The van der Waals surface area contributed by atoms with Crippen molar-refractivity contribution in [2.75, 3.05) is 27.3 Å². The summed E-state index contributed by atoms with van der Waals surface area (Å²) in [6, 6.07) is 9.66. The highest BCUT2D eigenvalue weighted by Gasteiger charge is 2.38. The third-order valence-corrected chi connectivity index (χ3v) is 5.45. The van der Waals surface area contributed by atoms with Crippen molar-refractivity contribution in [2.24, 2.45) is 5.92 Å². The van der Waals surface area contributed by atoms with Crippen LogP contribution >= 0.6 is 0 Å². The molecule has 0 spiro atoms. The first-order valence-corrected chi connectivity index (χ1v) is 9.61. The Morgan fingerprint density at radius 1 is 1.13 bits per heavy atom. The molecule has 0 aliphatic carbocycles. The van der Waals surface area contributed by atoms with Gasteiger partial charge in [-0.05, 0) is 48.7 Å². The fourth-order valence-corrected chi connectivity index (χ4v) is 4.05. The number of aliphatic carboxylic acids is 1. The Hall–Kier alpha value is -2.74. The SMILES string of the molecule is COc1ccc(C(c2ccccc2C(F)(F)F)N2CCCC(C(=O)O)C2)cc1OC. The Morgan fingerprint density at radius 2 is 1.83 bits per heavy atom. The summed E-state index contributed by atoms with van der Waals surface area (Å²) in [4.78, 5) is 13.4. The molecule has 1 saturated heterocycles. The Labute approximate surface area is 173 Å². The van der Waals surface area contributed by atoms with E-state index in [9.17, 15) is 23.1 Å². The van der Waals surface area contributed by atoms with Crippen LogP contribution in [0.25, 0.3) is 0 Å². The van der Waals surface area contributed by atoms with Crippen LogP contribution in [0.4, 0.5) is 13.2 Å².